The Morgan fingerprint density at radius 2 is 0.960 bits per heavy atom. The summed E-state index contributed by atoms with van der Waals surface area (Å²) in [5.74, 6) is 0. The third-order valence-corrected chi connectivity index (χ3v) is 11.8. The van der Waals surface area contributed by atoms with Crippen LogP contribution in [0.15, 0.2) is 169 Å². The summed E-state index contributed by atoms with van der Waals surface area (Å²) < 4.78 is 0. The molecule has 0 unspecified atom stereocenters. The lowest BCUT2D eigenvalue weighted by atomic mass is 9.70. The molecule has 0 atom stereocenters. The van der Waals surface area contributed by atoms with Gasteiger partial charge >= 0.3 is 0 Å². The maximum absolute atomic E-state index is 2.52. The van der Waals surface area contributed by atoms with Crippen LogP contribution in [0.1, 0.15) is 54.2 Å². The van der Waals surface area contributed by atoms with Crippen LogP contribution < -0.4 is 4.90 Å². The molecule has 7 aromatic carbocycles. The van der Waals surface area contributed by atoms with E-state index in [9.17, 15) is 0 Å². The molecule has 50 heavy (non-hydrogen) atoms. The van der Waals surface area contributed by atoms with Gasteiger partial charge < -0.3 is 4.90 Å². The van der Waals surface area contributed by atoms with Gasteiger partial charge in [0.25, 0.3) is 0 Å². The molecule has 0 heterocycles. The Morgan fingerprint density at radius 1 is 0.440 bits per heavy atom. The third-order valence-electron chi connectivity index (χ3n) is 11.8. The van der Waals surface area contributed by atoms with Crippen molar-refractivity contribution in [2.24, 2.45) is 0 Å². The summed E-state index contributed by atoms with van der Waals surface area (Å²) >= 11 is 0. The van der Waals surface area contributed by atoms with E-state index in [-0.39, 0.29) is 5.41 Å². The number of allylic oxidation sites excluding steroid dienone is 1. The van der Waals surface area contributed by atoms with Gasteiger partial charge in [0.05, 0.1) is 11.1 Å². The molecular weight excluding hydrogens is 603 g/mol. The number of fused-ring (bicyclic) bond motifs is 11. The summed E-state index contributed by atoms with van der Waals surface area (Å²) in [5.41, 5.74) is 20.2. The van der Waals surface area contributed by atoms with Crippen molar-refractivity contribution in [3.05, 3.63) is 203 Å². The van der Waals surface area contributed by atoms with Crippen molar-refractivity contribution in [1.82, 2.24) is 0 Å². The Morgan fingerprint density at radius 3 is 1.60 bits per heavy atom. The van der Waals surface area contributed by atoms with Gasteiger partial charge in [-0.2, -0.15) is 0 Å². The topological polar surface area (TPSA) is 3.24 Å². The molecule has 0 saturated heterocycles. The molecule has 0 radical (unpaired) electrons. The van der Waals surface area contributed by atoms with Gasteiger partial charge in [-0.1, -0.05) is 159 Å². The van der Waals surface area contributed by atoms with Gasteiger partial charge in [-0.05, 0) is 98.5 Å². The molecule has 0 fully saturated rings. The molecule has 1 heteroatoms. The maximum Gasteiger partial charge on any atom is 0.0746 e. The zero-order chi connectivity index (χ0) is 33.6. The van der Waals surface area contributed by atoms with Gasteiger partial charge in [0, 0.05) is 22.4 Å². The lowest BCUT2D eigenvalue weighted by molar-refractivity contribution is 0.640. The van der Waals surface area contributed by atoms with Crippen LogP contribution in [0.3, 0.4) is 0 Å². The van der Waals surface area contributed by atoms with Crippen LogP contribution in [-0.2, 0) is 10.8 Å². The second kappa shape index (κ2) is 10.5. The molecule has 0 aromatic heterocycles. The van der Waals surface area contributed by atoms with E-state index >= 15 is 0 Å². The van der Waals surface area contributed by atoms with E-state index < -0.39 is 5.41 Å². The molecule has 0 saturated carbocycles. The highest BCUT2D eigenvalue weighted by molar-refractivity contribution is 5.99. The Balaban J connectivity index is 1.28. The predicted molar refractivity (Wildman–Crippen MR) is 210 cm³/mol. The van der Waals surface area contributed by atoms with Crippen molar-refractivity contribution in [2.45, 2.75) is 31.6 Å². The summed E-state index contributed by atoms with van der Waals surface area (Å²) in [5, 5.41) is 0. The molecule has 7 aromatic rings. The van der Waals surface area contributed by atoms with Crippen LogP contribution in [0.4, 0.5) is 17.1 Å². The Bertz CT molecular complexity index is 2450. The largest absolute Gasteiger partial charge is 0.310 e. The fourth-order valence-corrected chi connectivity index (χ4v) is 9.16. The molecule has 1 spiro atoms. The first kappa shape index (κ1) is 29.0. The highest BCUT2D eigenvalue weighted by atomic mass is 15.1. The van der Waals surface area contributed by atoms with E-state index in [4.69, 9.17) is 0 Å². The van der Waals surface area contributed by atoms with E-state index in [1.54, 1.807) is 0 Å². The van der Waals surface area contributed by atoms with Gasteiger partial charge in [0.2, 0.25) is 0 Å². The quantitative estimate of drug-likeness (QED) is 0.185. The molecule has 0 bridgehead atoms. The minimum absolute atomic E-state index is 0.0341. The highest BCUT2D eigenvalue weighted by Gasteiger charge is 2.53. The van der Waals surface area contributed by atoms with Crippen molar-refractivity contribution in [3.63, 3.8) is 0 Å². The smallest absolute Gasteiger partial charge is 0.0746 e. The zero-order valence-electron chi connectivity index (χ0n) is 28.6. The Hall–Kier alpha value is -5.92. The predicted octanol–water partition coefficient (Wildman–Crippen LogP) is 12.9. The number of hydrogen-bond donors (Lipinski definition) is 0. The van der Waals surface area contributed by atoms with Crippen LogP contribution in [-0.4, -0.2) is 0 Å². The van der Waals surface area contributed by atoms with Gasteiger partial charge in [0.15, 0.2) is 0 Å². The molecule has 1 nitrogen and oxygen atoms in total. The van der Waals surface area contributed by atoms with Crippen molar-refractivity contribution < 1.29 is 0 Å². The summed E-state index contributed by atoms with van der Waals surface area (Å²) in [4.78, 5) is 2.52. The SMILES string of the molecule is CC1=Cc2ccc(N(c3ccc(-c4ccccc4)cc3)c3cccc4c3C3(c5ccccc5-c5ccccc53)c3ccccc3-4)cc2C1(C)C. The van der Waals surface area contributed by atoms with Crippen molar-refractivity contribution in [3.8, 4) is 33.4 Å². The number of rotatable bonds is 4. The number of hydrogen-bond acceptors (Lipinski definition) is 1. The second-order valence-corrected chi connectivity index (χ2v) is 14.6. The third kappa shape index (κ3) is 3.83. The molecule has 3 aliphatic rings. The zero-order valence-corrected chi connectivity index (χ0v) is 28.6. The minimum Gasteiger partial charge on any atom is -0.310 e. The van der Waals surface area contributed by atoms with Crippen molar-refractivity contribution >= 4 is 23.1 Å². The Kier molecular flexibility index (Phi) is 6.12. The van der Waals surface area contributed by atoms with Crippen LogP contribution in [0.5, 0.6) is 0 Å². The monoisotopic (exact) mass is 639 g/mol. The van der Waals surface area contributed by atoms with E-state index in [2.05, 4.69) is 196 Å². The number of anilines is 3. The molecular formula is C49H37N. The van der Waals surface area contributed by atoms with E-state index in [0.29, 0.717) is 0 Å². The van der Waals surface area contributed by atoms with Gasteiger partial charge in [-0.3, -0.25) is 0 Å². The first-order valence-electron chi connectivity index (χ1n) is 17.7. The fraction of sp³-hybridized carbons (Fsp3) is 0.102. The molecule has 238 valence electrons. The lowest BCUT2D eigenvalue weighted by Gasteiger charge is -2.36. The van der Waals surface area contributed by atoms with Gasteiger partial charge in [-0.15, -0.1) is 0 Å². The van der Waals surface area contributed by atoms with Crippen molar-refractivity contribution in [1.29, 1.82) is 0 Å². The standard InChI is InChI=1S/C49H37N/c1-32-30-35-26-29-37(31-45(35)48(32,2)3)50(36-27-24-34(25-28-36)33-14-5-4-6-15-33)46-23-13-19-41-40-18-9-12-22-44(40)49(47(41)46)42-20-10-7-16-38(42)39-17-8-11-21-43(39)49/h4-31H,1-3H3. The Labute approximate surface area is 294 Å². The average Bonchev–Trinajstić information content (AvgIpc) is 3.72. The van der Waals surface area contributed by atoms with Crippen LogP contribution in [0.2, 0.25) is 0 Å². The first-order chi connectivity index (χ1) is 24.5. The molecule has 3 aliphatic carbocycles. The van der Waals surface area contributed by atoms with Crippen LogP contribution >= 0.6 is 0 Å². The average molecular weight is 640 g/mol. The summed E-state index contributed by atoms with van der Waals surface area (Å²) in [6.45, 7) is 6.97. The highest BCUT2D eigenvalue weighted by Crippen LogP contribution is 2.65. The molecule has 0 N–H and O–H groups in total. The normalized spacial score (nSPS) is 15.1. The maximum atomic E-state index is 2.52. The van der Waals surface area contributed by atoms with Crippen LogP contribution in [0, 0.1) is 0 Å². The number of benzene rings is 7. The summed E-state index contributed by atoms with van der Waals surface area (Å²) in [6.07, 6.45) is 2.36. The molecule has 0 aliphatic heterocycles. The molecule has 0 amide bonds. The first-order valence-corrected chi connectivity index (χ1v) is 17.7. The molecule has 10 rings (SSSR count). The summed E-state index contributed by atoms with van der Waals surface area (Å²) in [6, 6.07) is 61.1. The van der Waals surface area contributed by atoms with Crippen molar-refractivity contribution in [2.75, 3.05) is 4.90 Å². The minimum atomic E-state index is -0.452. The van der Waals surface area contributed by atoms with Crippen LogP contribution in [0.25, 0.3) is 39.5 Å². The lowest BCUT2D eigenvalue weighted by Crippen LogP contribution is -2.28. The summed E-state index contributed by atoms with van der Waals surface area (Å²) in [7, 11) is 0. The van der Waals surface area contributed by atoms with E-state index in [0.717, 1.165) is 5.69 Å². The fourth-order valence-electron chi connectivity index (χ4n) is 9.16. The van der Waals surface area contributed by atoms with Gasteiger partial charge in [-0.25, -0.2) is 0 Å². The number of nitrogens with zero attached hydrogens (tertiary/aromatic N) is 1. The second-order valence-electron chi connectivity index (χ2n) is 14.6. The van der Waals surface area contributed by atoms with Gasteiger partial charge in [0.1, 0.15) is 0 Å². The van der Waals surface area contributed by atoms with E-state index in [1.807, 2.05) is 0 Å². The van der Waals surface area contributed by atoms with E-state index in [1.165, 1.54) is 83.7 Å².